The van der Waals surface area contributed by atoms with Crippen LogP contribution in [-0.2, 0) is 9.59 Å². The van der Waals surface area contributed by atoms with Crippen LogP contribution in [0, 0.1) is 17.0 Å². The average molecular weight is 440 g/mol. The minimum atomic E-state index is -1.16. The molecule has 0 aromatic heterocycles. The monoisotopic (exact) mass is 440 g/mol. The van der Waals surface area contributed by atoms with E-state index in [4.69, 9.17) is 0 Å². The van der Waals surface area contributed by atoms with Crippen LogP contribution in [0.5, 0.6) is 0 Å². The van der Waals surface area contributed by atoms with E-state index in [1.807, 2.05) is 31.2 Å². The average Bonchev–Trinajstić information content (AvgIpc) is 3.08. The number of carbonyl (C=O) groups is 2. The molecule has 1 aliphatic heterocycles. The summed E-state index contributed by atoms with van der Waals surface area (Å²) in [6.45, 7) is 1.84. The molecule has 164 valence electrons. The van der Waals surface area contributed by atoms with E-state index in [1.165, 1.54) is 29.2 Å². The van der Waals surface area contributed by atoms with Gasteiger partial charge in [0.2, 0.25) is 0 Å². The number of rotatable bonds is 6. The number of nitro groups is 1. The van der Waals surface area contributed by atoms with Crippen molar-refractivity contribution in [3.05, 3.63) is 123 Å². The molecular weight excluding hydrogens is 420 g/mol. The van der Waals surface area contributed by atoms with Gasteiger partial charge in [-0.05, 0) is 42.3 Å². The molecule has 7 nitrogen and oxygen atoms in total. The fraction of sp³-hybridized carbons (Fsp3) is 0.0769. The molecule has 0 fully saturated rings. The molecule has 1 atom stereocenters. The maximum absolute atomic E-state index is 13.2. The maximum Gasteiger partial charge on any atom is 0.294 e. The van der Waals surface area contributed by atoms with Gasteiger partial charge in [0.15, 0.2) is 11.5 Å². The number of ketones is 1. The summed E-state index contributed by atoms with van der Waals surface area (Å²) in [5.41, 5.74) is 1.71. The topological polar surface area (TPSA) is 101 Å². The van der Waals surface area contributed by atoms with Gasteiger partial charge in [-0.25, -0.2) is 0 Å². The lowest BCUT2D eigenvalue weighted by molar-refractivity contribution is -0.385. The van der Waals surface area contributed by atoms with E-state index in [0.29, 0.717) is 5.69 Å². The molecule has 33 heavy (non-hydrogen) atoms. The van der Waals surface area contributed by atoms with Gasteiger partial charge >= 0.3 is 0 Å². The number of anilines is 1. The summed E-state index contributed by atoms with van der Waals surface area (Å²) in [6.07, 6.45) is 2.83. The van der Waals surface area contributed by atoms with Crippen molar-refractivity contribution in [3.63, 3.8) is 0 Å². The molecule has 7 heteroatoms. The second-order valence-corrected chi connectivity index (χ2v) is 7.60. The molecule has 1 aliphatic rings. The van der Waals surface area contributed by atoms with E-state index in [9.17, 15) is 24.8 Å². The number of hydrogen-bond donors (Lipinski definition) is 1. The zero-order valence-electron chi connectivity index (χ0n) is 17.7. The number of carbonyl (C=O) groups excluding carboxylic acids is 2. The van der Waals surface area contributed by atoms with Gasteiger partial charge in [0.05, 0.1) is 16.1 Å². The number of hydrogen-bond acceptors (Lipinski definition) is 5. The van der Waals surface area contributed by atoms with E-state index in [-0.39, 0.29) is 16.8 Å². The van der Waals surface area contributed by atoms with Crippen molar-refractivity contribution in [1.29, 1.82) is 0 Å². The summed E-state index contributed by atoms with van der Waals surface area (Å²) < 4.78 is 0. The number of aliphatic hydroxyl groups is 1. The Morgan fingerprint density at radius 3 is 2.42 bits per heavy atom. The van der Waals surface area contributed by atoms with Gasteiger partial charge in [0.25, 0.3) is 11.6 Å². The predicted octanol–water partition coefficient (Wildman–Crippen LogP) is 5.09. The van der Waals surface area contributed by atoms with Crippen LogP contribution in [0.25, 0.3) is 6.08 Å². The molecule has 1 unspecified atom stereocenters. The lowest BCUT2D eigenvalue weighted by Crippen LogP contribution is -2.31. The molecule has 3 aromatic carbocycles. The van der Waals surface area contributed by atoms with Gasteiger partial charge in [0.1, 0.15) is 6.04 Å². The first-order valence-corrected chi connectivity index (χ1v) is 10.2. The highest BCUT2D eigenvalue weighted by Gasteiger charge is 2.46. The van der Waals surface area contributed by atoms with E-state index < -0.39 is 28.4 Å². The first-order valence-electron chi connectivity index (χ1n) is 10.2. The molecule has 0 bridgehead atoms. The molecule has 0 aliphatic carbocycles. The predicted molar refractivity (Wildman–Crippen MR) is 125 cm³/mol. The van der Waals surface area contributed by atoms with E-state index >= 15 is 0 Å². The molecule has 0 saturated heterocycles. The SMILES string of the molecule is Cc1cccc(N2C(=O)C(O)=C(C(=O)/C=C/c3ccccc3)C2c2ccccc2[N+](=O)[O-])c1. The van der Waals surface area contributed by atoms with Gasteiger partial charge < -0.3 is 5.11 Å². The Balaban J connectivity index is 1.87. The Kier molecular flexibility index (Phi) is 5.87. The van der Waals surface area contributed by atoms with Gasteiger partial charge in [0, 0.05) is 11.8 Å². The lowest BCUT2D eigenvalue weighted by Gasteiger charge is -2.26. The third-order valence-corrected chi connectivity index (χ3v) is 5.41. The Hall–Kier alpha value is -4.52. The van der Waals surface area contributed by atoms with E-state index in [1.54, 1.807) is 42.5 Å². The molecule has 1 amide bonds. The largest absolute Gasteiger partial charge is 0.503 e. The summed E-state index contributed by atoms with van der Waals surface area (Å²) in [7, 11) is 0. The van der Waals surface area contributed by atoms with Gasteiger partial charge in [-0.1, -0.05) is 60.7 Å². The highest BCUT2D eigenvalue weighted by molar-refractivity contribution is 6.20. The number of para-hydroxylation sites is 1. The minimum absolute atomic E-state index is 0.137. The summed E-state index contributed by atoms with van der Waals surface area (Å²) in [4.78, 5) is 38.8. The lowest BCUT2D eigenvalue weighted by atomic mass is 9.94. The fourth-order valence-corrected chi connectivity index (χ4v) is 3.91. The normalized spacial score (nSPS) is 16.0. The van der Waals surface area contributed by atoms with Crippen molar-refractivity contribution >= 4 is 29.1 Å². The van der Waals surface area contributed by atoms with Crippen LogP contribution >= 0.6 is 0 Å². The van der Waals surface area contributed by atoms with Crippen LogP contribution in [-0.4, -0.2) is 21.7 Å². The van der Waals surface area contributed by atoms with Crippen LogP contribution in [0.2, 0.25) is 0 Å². The van der Waals surface area contributed by atoms with Gasteiger partial charge in [-0.3, -0.25) is 24.6 Å². The van der Waals surface area contributed by atoms with E-state index in [2.05, 4.69) is 0 Å². The van der Waals surface area contributed by atoms with Crippen molar-refractivity contribution in [2.75, 3.05) is 4.90 Å². The molecular formula is C26H20N2O5. The summed E-state index contributed by atoms with van der Waals surface area (Å²) >= 11 is 0. The van der Waals surface area contributed by atoms with Gasteiger partial charge in [-0.2, -0.15) is 0 Å². The molecule has 4 rings (SSSR count). The molecule has 0 saturated carbocycles. The molecule has 1 N–H and O–H groups in total. The number of benzene rings is 3. The quantitative estimate of drug-likeness (QED) is 0.327. The third kappa shape index (κ3) is 4.16. The molecule has 1 heterocycles. The van der Waals surface area contributed by atoms with Crippen molar-refractivity contribution in [2.24, 2.45) is 0 Å². The number of allylic oxidation sites excluding steroid dienone is 1. The first kappa shape index (κ1) is 21.7. The second-order valence-electron chi connectivity index (χ2n) is 7.60. The number of aryl methyl sites for hydroxylation is 1. The Bertz CT molecular complexity index is 1310. The van der Waals surface area contributed by atoms with Crippen molar-refractivity contribution < 1.29 is 19.6 Å². The zero-order chi connectivity index (χ0) is 23.5. The highest BCUT2D eigenvalue weighted by atomic mass is 16.6. The van der Waals surface area contributed by atoms with Crippen LogP contribution in [0.4, 0.5) is 11.4 Å². The van der Waals surface area contributed by atoms with Crippen molar-refractivity contribution in [1.82, 2.24) is 0 Å². The van der Waals surface area contributed by atoms with Crippen molar-refractivity contribution in [2.45, 2.75) is 13.0 Å². The third-order valence-electron chi connectivity index (χ3n) is 5.41. The number of amides is 1. The van der Waals surface area contributed by atoms with Gasteiger partial charge in [-0.15, -0.1) is 0 Å². The second kappa shape index (κ2) is 8.92. The number of nitro benzene ring substituents is 1. The van der Waals surface area contributed by atoms with Crippen molar-refractivity contribution in [3.8, 4) is 0 Å². The fourth-order valence-electron chi connectivity index (χ4n) is 3.91. The van der Waals surface area contributed by atoms with Crippen LogP contribution in [0.1, 0.15) is 22.7 Å². The Morgan fingerprint density at radius 1 is 1.03 bits per heavy atom. The Labute approximate surface area is 190 Å². The number of aliphatic hydroxyl groups excluding tert-OH is 1. The maximum atomic E-state index is 13.2. The van der Waals surface area contributed by atoms with Crippen LogP contribution in [0.15, 0.2) is 96.3 Å². The Morgan fingerprint density at radius 2 is 1.73 bits per heavy atom. The smallest absolute Gasteiger partial charge is 0.294 e. The summed E-state index contributed by atoms with van der Waals surface area (Å²) in [6, 6.07) is 20.8. The zero-order valence-corrected chi connectivity index (χ0v) is 17.7. The first-order chi connectivity index (χ1) is 15.9. The standard InChI is InChI=1S/C26H20N2O5/c1-17-8-7-11-19(16-17)27-24(20-12-5-6-13-21(20)28(32)33)23(25(30)26(27)31)22(29)15-14-18-9-3-2-4-10-18/h2-16,24,30H,1H3/b15-14+. The molecule has 3 aromatic rings. The summed E-state index contributed by atoms with van der Waals surface area (Å²) in [5.74, 6) is -2.12. The molecule has 0 radical (unpaired) electrons. The number of nitrogens with zero attached hydrogens (tertiary/aromatic N) is 2. The van der Waals surface area contributed by atoms with Crippen LogP contribution < -0.4 is 4.90 Å². The summed E-state index contributed by atoms with van der Waals surface area (Å²) in [5, 5.41) is 22.5. The minimum Gasteiger partial charge on any atom is -0.503 e. The molecule has 0 spiro atoms. The van der Waals surface area contributed by atoms with Crippen LogP contribution in [0.3, 0.4) is 0 Å². The van der Waals surface area contributed by atoms with E-state index in [0.717, 1.165) is 11.1 Å². The highest BCUT2D eigenvalue weighted by Crippen LogP contribution is 2.44.